The lowest BCUT2D eigenvalue weighted by Gasteiger charge is -2.35. The molecule has 27 heavy (non-hydrogen) atoms. The van der Waals surface area contributed by atoms with Crippen LogP contribution >= 0.6 is 24.8 Å². The Labute approximate surface area is 176 Å². The fourth-order valence-electron chi connectivity index (χ4n) is 3.75. The van der Waals surface area contributed by atoms with E-state index in [0.29, 0.717) is 6.04 Å². The van der Waals surface area contributed by atoms with Crippen LogP contribution in [0.2, 0.25) is 0 Å². The van der Waals surface area contributed by atoms with E-state index in [1.807, 2.05) is 5.01 Å². The van der Waals surface area contributed by atoms with Crippen LogP contribution in [0, 0.1) is 0 Å². The molecular formula is C20H35Cl2N3O2. The Morgan fingerprint density at radius 1 is 1.30 bits per heavy atom. The average molecular weight is 420 g/mol. The zero-order valence-corrected chi connectivity index (χ0v) is 18.6. The molecule has 0 heterocycles. The number of halogens is 2. The third-order valence-corrected chi connectivity index (χ3v) is 5.27. The number of carbonyl (C=O) groups is 1. The molecule has 0 spiro atoms. The fraction of sp³-hybridized carbons (Fsp3) is 0.650. The van der Waals surface area contributed by atoms with Crippen molar-refractivity contribution in [2.24, 2.45) is 0 Å². The minimum atomic E-state index is 0. The van der Waals surface area contributed by atoms with Crippen LogP contribution in [-0.2, 0) is 17.6 Å². The number of nitrogens with one attached hydrogen (secondary N) is 1. The maximum absolute atomic E-state index is 11.4. The van der Waals surface area contributed by atoms with Crippen LogP contribution in [0.5, 0.6) is 5.75 Å². The predicted molar refractivity (Wildman–Crippen MR) is 116 cm³/mol. The van der Waals surface area contributed by atoms with Gasteiger partial charge in [-0.05, 0) is 56.3 Å². The number of benzene rings is 1. The lowest BCUT2D eigenvalue weighted by atomic mass is 9.87. The molecule has 2 unspecified atom stereocenters. The Balaban J connectivity index is 0.00000338. The van der Waals surface area contributed by atoms with Gasteiger partial charge in [-0.15, -0.1) is 24.8 Å². The Morgan fingerprint density at radius 2 is 2.00 bits per heavy atom. The lowest BCUT2D eigenvalue weighted by molar-refractivity contribution is -0.139. The monoisotopic (exact) mass is 419 g/mol. The van der Waals surface area contributed by atoms with Crippen LogP contribution in [0.1, 0.15) is 44.7 Å². The summed E-state index contributed by atoms with van der Waals surface area (Å²) < 4.78 is 5.52. The molecule has 0 fully saturated rings. The molecule has 1 amide bonds. The molecule has 0 aliphatic heterocycles. The van der Waals surface area contributed by atoms with E-state index in [4.69, 9.17) is 4.74 Å². The zero-order valence-electron chi connectivity index (χ0n) is 16.9. The van der Waals surface area contributed by atoms with Crippen LogP contribution in [0.25, 0.3) is 0 Å². The molecule has 0 aromatic heterocycles. The molecule has 156 valence electrons. The number of aryl methyl sites for hydroxylation is 1. The van der Waals surface area contributed by atoms with E-state index in [2.05, 4.69) is 49.3 Å². The third-order valence-electron chi connectivity index (χ3n) is 5.27. The number of hydrogen-bond acceptors (Lipinski definition) is 4. The van der Waals surface area contributed by atoms with Crippen molar-refractivity contribution in [3.63, 3.8) is 0 Å². The van der Waals surface area contributed by atoms with Gasteiger partial charge in [0.05, 0.1) is 7.11 Å². The average Bonchev–Trinajstić information content (AvgIpc) is 2.65. The van der Waals surface area contributed by atoms with Gasteiger partial charge in [-0.2, -0.15) is 0 Å². The van der Waals surface area contributed by atoms with Crippen molar-refractivity contribution >= 4 is 31.2 Å². The second-order valence-electron chi connectivity index (χ2n) is 6.75. The van der Waals surface area contributed by atoms with Gasteiger partial charge in [0, 0.05) is 25.2 Å². The summed E-state index contributed by atoms with van der Waals surface area (Å²) in [5, 5.41) is 7.60. The zero-order chi connectivity index (χ0) is 18.2. The van der Waals surface area contributed by atoms with Gasteiger partial charge in [0.1, 0.15) is 5.75 Å². The number of rotatable bonds is 10. The number of nitrogens with zero attached hydrogens (tertiary/aromatic N) is 2. The summed E-state index contributed by atoms with van der Waals surface area (Å²) >= 11 is 0. The van der Waals surface area contributed by atoms with E-state index < -0.39 is 0 Å². The maximum atomic E-state index is 11.4. The molecule has 0 bridgehead atoms. The highest BCUT2D eigenvalue weighted by Crippen LogP contribution is 2.29. The highest BCUT2D eigenvalue weighted by atomic mass is 35.5. The van der Waals surface area contributed by atoms with Gasteiger partial charge in [-0.3, -0.25) is 9.80 Å². The van der Waals surface area contributed by atoms with E-state index >= 15 is 0 Å². The van der Waals surface area contributed by atoms with Crippen LogP contribution < -0.4 is 10.1 Å². The van der Waals surface area contributed by atoms with Crippen molar-refractivity contribution < 1.29 is 9.53 Å². The van der Waals surface area contributed by atoms with Crippen LogP contribution in [0.4, 0.5) is 0 Å². The fourth-order valence-corrected chi connectivity index (χ4v) is 3.75. The van der Waals surface area contributed by atoms with Gasteiger partial charge in [0.2, 0.25) is 6.41 Å². The van der Waals surface area contributed by atoms with Crippen LogP contribution in [-0.4, -0.2) is 55.3 Å². The number of ether oxygens (including phenoxy) is 1. The second kappa shape index (κ2) is 13.2. The molecule has 5 nitrogen and oxygen atoms in total. The first-order valence-electron chi connectivity index (χ1n) is 9.51. The van der Waals surface area contributed by atoms with Crippen molar-refractivity contribution in [3.05, 3.63) is 29.3 Å². The summed E-state index contributed by atoms with van der Waals surface area (Å²) in [6.45, 7) is 8.91. The normalized spacial score (nSPS) is 16.6. The molecule has 7 heteroatoms. The maximum Gasteiger partial charge on any atom is 0.224 e. The van der Waals surface area contributed by atoms with Gasteiger partial charge < -0.3 is 10.1 Å². The number of hydrazine groups is 1. The molecule has 0 saturated heterocycles. The molecule has 0 radical (unpaired) electrons. The van der Waals surface area contributed by atoms with Crippen molar-refractivity contribution in [2.75, 3.05) is 26.7 Å². The Morgan fingerprint density at radius 3 is 2.59 bits per heavy atom. The summed E-state index contributed by atoms with van der Waals surface area (Å²) in [6, 6.07) is 7.02. The molecule has 1 aromatic carbocycles. The van der Waals surface area contributed by atoms with Gasteiger partial charge in [-0.25, -0.2) is 5.01 Å². The van der Waals surface area contributed by atoms with Gasteiger partial charge >= 0.3 is 0 Å². The number of carbonyl (C=O) groups excluding carboxylic acids is 1. The highest BCUT2D eigenvalue weighted by Gasteiger charge is 2.22. The molecule has 2 rings (SSSR count). The Hall–Kier alpha value is -1.01. The number of fused-ring (bicyclic) bond motifs is 1. The molecule has 1 aliphatic carbocycles. The predicted octanol–water partition coefficient (Wildman–Crippen LogP) is 3.48. The summed E-state index contributed by atoms with van der Waals surface area (Å²) in [7, 11) is 1.75. The molecule has 2 atom stereocenters. The molecule has 0 saturated carbocycles. The minimum Gasteiger partial charge on any atom is -0.496 e. The summed E-state index contributed by atoms with van der Waals surface area (Å²) in [5.74, 6) is 1.01. The van der Waals surface area contributed by atoms with Crippen molar-refractivity contribution in [1.82, 2.24) is 15.3 Å². The number of methoxy groups -OCH3 is 1. The summed E-state index contributed by atoms with van der Waals surface area (Å²) in [6.07, 6.45) is 5.17. The number of amides is 1. The van der Waals surface area contributed by atoms with Gasteiger partial charge in [-0.1, -0.05) is 26.0 Å². The topological polar surface area (TPSA) is 44.8 Å². The first-order valence-corrected chi connectivity index (χ1v) is 9.51. The van der Waals surface area contributed by atoms with Gasteiger partial charge in [0.15, 0.2) is 0 Å². The smallest absolute Gasteiger partial charge is 0.224 e. The van der Waals surface area contributed by atoms with E-state index in [9.17, 15) is 4.79 Å². The van der Waals surface area contributed by atoms with Crippen molar-refractivity contribution in [3.8, 4) is 5.75 Å². The van der Waals surface area contributed by atoms with E-state index in [1.165, 1.54) is 11.1 Å². The molecule has 1 aromatic rings. The largest absolute Gasteiger partial charge is 0.496 e. The van der Waals surface area contributed by atoms with Crippen molar-refractivity contribution in [2.45, 2.75) is 58.5 Å². The number of hydrogen-bond donors (Lipinski definition) is 1. The Bertz CT molecular complexity index is 542. The SMILES string of the molecule is CCN(CC)N(C=O)C(C)CCNC1CCc2cccc(OC)c2C1.Cl.Cl. The second-order valence-corrected chi connectivity index (χ2v) is 6.75. The van der Waals surface area contributed by atoms with E-state index in [0.717, 1.165) is 57.5 Å². The van der Waals surface area contributed by atoms with E-state index in [-0.39, 0.29) is 30.9 Å². The lowest BCUT2D eigenvalue weighted by Crippen LogP contribution is -2.48. The molecule has 1 aliphatic rings. The van der Waals surface area contributed by atoms with Crippen LogP contribution in [0.15, 0.2) is 18.2 Å². The first kappa shape index (κ1) is 26.0. The first-order chi connectivity index (χ1) is 12.1. The summed E-state index contributed by atoms with van der Waals surface area (Å²) in [5.41, 5.74) is 2.76. The standard InChI is InChI=1S/C20H33N3O2.2ClH/c1-5-22(6-2)23(15-24)16(3)12-13-21-18-11-10-17-8-7-9-20(25-4)19(17)14-18;;/h7-9,15-16,18,21H,5-6,10-14H2,1-4H3;2*1H. The van der Waals surface area contributed by atoms with Gasteiger partial charge in [0.25, 0.3) is 0 Å². The third kappa shape index (κ3) is 6.83. The van der Waals surface area contributed by atoms with Crippen molar-refractivity contribution in [1.29, 1.82) is 0 Å². The highest BCUT2D eigenvalue weighted by molar-refractivity contribution is 5.85. The Kier molecular flexibility index (Phi) is 12.7. The molecule has 1 N–H and O–H groups in total. The van der Waals surface area contributed by atoms with E-state index in [1.54, 1.807) is 7.11 Å². The van der Waals surface area contributed by atoms with Crippen LogP contribution in [0.3, 0.4) is 0 Å². The summed E-state index contributed by atoms with van der Waals surface area (Å²) in [4.78, 5) is 11.4. The molecular weight excluding hydrogens is 385 g/mol. The minimum absolute atomic E-state index is 0. The quantitative estimate of drug-likeness (QED) is 0.465.